The summed E-state index contributed by atoms with van der Waals surface area (Å²) in [4.78, 5) is 24.1. The molecular weight excluding hydrogens is 461 g/mol. The Bertz CT molecular complexity index is 1120. The van der Waals surface area contributed by atoms with Gasteiger partial charge in [0.25, 0.3) is 11.8 Å². The molecule has 3 aromatic carbocycles. The first kappa shape index (κ1) is 23.9. The average Bonchev–Trinajstić information content (AvgIpc) is 2.78. The Morgan fingerprint density at radius 1 is 0.879 bits per heavy atom. The van der Waals surface area contributed by atoms with Gasteiger partial charge in [-0.15, -0.1) is 0 Å². The Labute approximate surface area is 192 Å². The van der Waals surface area contributed by atoms with Crippen molar-refractivity contribution in [2.45, 2.75) is 19.2 Å². The summed E-state index contributed by atoms with van der Waals surface area (Å²) in [6.45, 7) is 1.50. The van der Waals surface area contributed by atoms with Crippen LogP contribution in [0.5, 0.6) is 17.2 Å². The van der Waals surface area contributed by atoms with Crippen LogP contribution in [0.25, 0.3) is 0 Å². The maximum atomic E-state index is 12.8. The average molecular weight is 479 g/mol. The van der Waals surface area contributed by atoms with Gasteiger partial charge in [-0.3, -0.25) is 20.4 Å². The van der Waals surface area contributed by atoms with Crippen molar-refractivity contribution in [3.63, 3.8) is 0 Å². The van der Waals surface area contributed by atoms with E-state index in [1.165, 1.54) is 31.2 Å². The fourth-order valence-corrected chi connectivity index (χ4v) is 2.93. The number of ether oxygens (including phenoxy) is 2. The van der Waals surface area contributed by atoms with Crippen molar-refractivity contribution in [1.82, 2.24) is 10.9 Å². The summed E-state index contributed by atoms with van der Waals surface area (Å²) in [6.07, 6.45) is -5.48. The highest BCUT2D eigenvalue weighted by molar-refractivity contribution is 6.31. The Morgan fingerprint density at radius 2 is 1.48 bits per heavy atom. The molecule has 0 bridgehead atoms. The van der Waals surface area contributed by atoms with Crippen LogP contribution in [-0.4, -0.2) is 17.9 Å². The summed E-state index contributed by atoms with van der Waals surface area (Å²) in [5.41, 5.74) is 4.02. The van der Waals surface area contributed by atoms with Crippen molar-refractivity contribution in [3.05, 3.63) is 88.9 Å². The van der Waals surface area contributed by atoms with Crippen molar-refractivity contribution in [1.29, 1.82) is 0 Å². The molecule has 2 amide bonds. The minimum Gasteiger partial charge on any atom is -0.481 e. The highest BCUT2D eigenvalue weighted by Crippen LogP contribution is 2.37. The third-order valence-electron chi connectivity index (χ3n) is 4.32. The number of alkyl halides is 3. The number of halogens is 4. The summed E-state index contributed by atoms with van der Waals surface area (Å²) >= 11 is 5.69. The van der Waals surface area contributed by atoms with E-state index in [9.17, 15) is 22.8 Å². The van der Waals surface area contributed by atoms with Gasteiger partial charge < -0.3 is 9.47 Å². The summed E-state index contributed by atoms with van der Waals surface area (Å²) in [7, 11) is 0. The van der Waals surface area contributed by atoms with E-state index in [1.54, 1.807) is 30.3 Å². The van der Waals surface area contributed by atoms with E-state index in [4.69, 9.17) is 21.1 Å². The van der Waals surface area contributed by atoms with Crippen molar-refractivity contribution in [2.75, 3.05) is 0 Å². The van der Waals surface area contributed by atoms with E-state index in [0.29, 0.717) is 17.1 Å². The highest BCUT2D eigenvalue weighted by atomic mass is 35.5. The fourth-order valence-electron chi connectivity index (χ4n) is 2.65. The molecule has 0 heterocycles. The molecule has 3 aromatic rings. The molecule has 0 fully saturated rings. The quantitative estimate of drug-likeness (QED) is 0.466. The number of carbonyl (C=O) groups excluding carboxylic acids is 2. The number of carbonyl (C=O) groups is 2. The Morgan fingerprint density at radius 3 is 2.09 bits per heavy atom. The largest absolute Gasteiger partial charge is 0.481 e. The Kier molecular flexibility index (Phi) is 7.44. The molecule has 2 N–H and O–H groups in total. The number of hydrogen-bond donors (Lipinski definition) is 2. The monoisotopic (exact) mass is 478 g/mol. The number of nitrogens with one attached hydrogen (secondary N) is 2. The Balaban J connectivity index is 1.53. The van der Waals surface area contributed by atoms with Crippen LogP contribution in [0, 0.1) is 0 Å². The minimum atomic E-state index is -4.55. The van der Waals surface area contributed by atoms with E-state index in [-0.39, 0.29) is 5.75 Å². The highest BCUT2D eigenvalue weighted by Gasteiger charge is 2.33. The molecule has 6 nitrogen and oxygen atoms in total. The van der Waals surface area contributed by atoms with Crippen LogP contribution in [0.4, 0.5) is 13.2 Å². The maximum Gasteiger partial charge on any atom is 0.417 e. The second-order valence-corrected chi connectivity index (χ2v) is 7.19. The lowest BCUT2D eigenvalue weighted by Gasteiger charge is -2.15. The normalized spacial score (nSPS) is 11.9. The van der Waals surface area contributed by atoms with Gasteiger partial charge >= 0.3 is 6.18 Å². The van der Waals surface area contributed by atoms with Gasteiger partial charge in [-0.25, -0.2) is 0 Å². The molecule has 3 rings (SSSR count). The topological polar surface area (TPSA) is 76.7 Å². The number of hydrazine groups is 1. The molecule has 0 aliphatic heterocycles. The van der Waals surface area contributed by atoms with Crippen molar-refractivity contribution in [2.24, 2.45) is 0 Å². The molecule has 0 saturated heterocycles. The zero-order valence-electron chi connectivity index (χ0n) is 17.2. The van der Waals surface area contributed by atoms with E-state index in [2.05, 4.69) is 10.9 Å². The maximum absolute atomic E-state index is 12.8. The van der Waals surface area contributed by atoms with Crippen LogP contribution >= 0.6 is 11.6 Å². The molecule has 10 heteroatoms. The molecule has 0 aromatic heterocycles. The predicted molar refractivity (Wildman–Crippen MR) is 115 cm³/mol. The molecule has 0 spiro atoms. The molecule has 0 aliphatic rings. The lowest BCUT2D eigenvalue weighted by Crippen LogP contribution is -2.47. The third-order valence-corrected chi connectivity index (χ3v) is 4.64. The second-order valence-electron chi connectivity index (χ2n) is 6.78. The molecule has 172 valence electrons. The van der Waals surface area contributed by atoms with E-state index in [0.717, 1.165) is 18.2 Å². The fraction of sp³-hybridized carbons (Fsp3) is 0.130. The van der Waals surface area contributed by atoms with E-state index >= 15 is 0 Å². The van der Waals surface area contributed by atoms with Gasteiger partial charge in [0, 0.05) is 11.6 Å². The van der Waals surface area contributed by atoms with Crippen LogP contribution in [0.15, 0.2) is 72.8 Å². The number of hydrogen-bond acceptors (Lipinski definition) is 4. The first-order valence-corrected chi connectivity index (χ1v) is 9.98. The lowest BCUT2D eigenvalue weighted by atomic mass is 10.2. The lowest BCUT2D eigenvalue weighted by molar-refractivity contribution is -0.137. The third kappa shape index (κ3) is 6.63. The predicted octanol–water partition coefficient (Wildman–Crippen LogP) is 5.38. The summed E-state index contributed by atoms with van der Waals surface area (Å²) in [6, 6.07) is 17.5. The minimum absolute atomic E-state index is 0.128. The summed E-state index contributed by atoms with van der Waals surface area (Å²) in [5, 5.41) is -0.473. The van der Waals surface area contributed by atoms with Crippen LogP contribution in [0.2, 0.25) is 5.02 Å². The molecule has 1 atom stereocenters. The van der Waals surface area contributed by atoms with Crippen LogP contribution in [-0.2, 0) is 11.0 Å². The number of amides is 2. The van der Waals surface area contributed by atoms with Crippen molar-refractivity contribution in [3.8, 4) is 17.2 Å². The van der Waals surface area contributed by atoms with Gasteiger partial charge in [-0.2, -0.15) is 13.2 Å². The second kappa shape index (κ2) is 10.3. The van der Waals surface area contributed by atoms with Gasteiger partial charge in [0.15, 0.2) is 6.10 Å². The van der Waals surface area contributed by atoms with Gasteiger partial charge in [0.1, 0.15) is 17.2 Å². The SMILES string of the molecule is C[C@@H](Oc1ccc(Oc2ccc(C(F)(F)F)c(Cl)c2)cc1)C(=O)NNC(=O)c1ccccc1. The molecule has 0 aliphatic carbocycles. The van der Waals surface area contributed by atoms with E-state index in [1.807, 2.05) is 0 Å². The summed E-state index contributed by atoms with van der Waals surface area (Å²) < 4.78 is 49.4. The zero-order chi connectivity index (χ0) is 24.0. The molecule has 0 unspecified atom stereocenters. The summed E-state index contributed by atoms with van der Waals surface area (Å²) in [5.74, 6) is -0.251. The van der Waals surface area contributed by atoms with Crippen LogP contribution in [0.1, 0.15) is 22.8 Å². The molecule has 0 radical (unpaired) electrons. The van der Waals surface area contributed by atoms with Crippen LogP contribution < -0.4 is 20.3 Å². The molecule has 33 heavy (non-hydrogen) atoms. The number of rotatable bonds is 6. The first-order valence-electron chi connectivity index (χ1n) is 9.60. The van der Waals surface area contributed by atoms with Crippen molar-refractivity contribution >= 4 is 23.4 Å². The molecular formula is C23H18ClF3N2O4. The Hall–Kier alpha value is -3.72. The molecule has 0 saturated carbocycles. The van der Waals surface area contributed by atoms with Gasteiger partial charge in [0.2, 0.25) is 0 Å². The van der Waals surface area contributed by atoms with Gasteiger partial charge in [-0.05, 0) is 55.5 Å². The number of benzene rings is 3. The van der Waals surface area contributed by atoms with Crippen LogP contribution in [0.3, 0.4) is 0 Å². The van der Waals surface area contributed by atoms with Gasteiger partial charge in [0.05, 0.1) is 10.6 Å². The zero-order valence-corrected chi connectivity index (χ0v) is 17.9. The van der Waals surface area contributed by atoms with Gasteiger partial charge in [-0.1, -0.05) is 29.8 Å². The first-order chi connectivity index (χ1) is 15.6. The standard InChI is InChI=1S/C23H18ClF3N2O4/c1-14(21(30)28-29-22(31)15-5-3-2-4-6-15)32-16-7-9-17(10-8-16)33-18-11-12-19(20(24)13-18)23(25,26)27/h2-14H,1H3,(H,28,30)(H,29,31)/t14-/m1/s1. The van der Waals surface area contributed by atoms with Crippen molar-refractivity contribution < 1.29 is 32.2 Å². The smallest absolute Gasteiger partial charge is 0.417 e. The van der Waals surface area contributed by atoms with E-state index < -0.39 is 34.7 Å².